The van der Waals surface area contributed by atoms with Crippen LogP contribution in [-0.4, -0.2) is 32.0 Å². The molecule has 1 unspecified atom stereocenters. The van der Waals surface area contributed by atoms with E-state index in [4.69, 9.17) is 13.8 Å². The summed E-state index contributed by atoms with van der Waals surface area (Å²) in [7, 11) is -3.90. The van der Waals surface area contributed by atoms with Crippen molar-refractivity contribution in [3.05, 3.63) is 46.2 Å². The Morgan fingerprint density at radius 1 is 1.25 bits per heavy atom. The number of nitriles is 1. The lowest BCUT2D eigenvalue weighted by atomic mass is 10.2. The molecule has 0 aromatic heterocycles. The minimum atomic E-state index is -3.90. The summed E-state index contributed by atoms with van der Waals surface area (Å²) in [5.74, 6) is -2.74. The molecule has 0 radical (unpaired) electrons. The third-order valence-electron chi connectivity index (χ3n) is 3.42. The average molecular weight is 430 g/mol. The molecule has 0 fully saturated rings. The first-order valence-corrected chi connectivity index (χ1v) is 11.5. The van der Waals surface area contributed by atoms with Crippen LogP contribution < -0.4 is 5.32 Å². The topological polar surface area (TPSA) is 97.7 Å². The van der Waals surface area contributed by atoms with Crippen molar-refractivity contribution in [2.75, 3.05) is 26.1 Å². The fourth-order valence-electron chi connectivity index (χ4n) is 2.32. The van der Waals surface area contributed by atoms with Crippen LogP contribution in [0.2, 0.25) is 0 Å². The number of hydrogen-bond acceptors (Lipinski definition) is 8. The van der Waals surface area contributed by atoms with Gasteiger partial charge in [-0.15, -0.1) is 11.8 Å². The zero-order valence-corrected chi connectivity index (χ0v) is 17.9. The lowest BCUT2D eigenvalue weighted by molar-refractivity contribution is -0.138. The fourth-order valence-corrected chi connectivity index (χ4v) is 4.91. The number of benzene rings is 1. The van der Waals surface area contributed by atoms with E-state index in [2.05, 4.69) is 5.32 Å². The predicted molar refractivity (Wildman–Crippen MR) is 106 cm³/mol. The summed E-state index contributed by atoms with van der Waals surface area (Å²) in [6.45, 7) is 5.08. The van der Waals surface area contributed by atoms with Crippen LogP contribution in [0.4, 0.5) is 4.39 Å². The number of rotatable bonds is 11. The highest BCUT2D eigenvalue weighted by Crippen LogP contribution is 2.60. The lowest BCUT2D eigenvalue weighted by Crippen LogP contribution is -2.25. The molecule has 0 aliphatic heterocycles. The highest BCUT2D eigenvalue weighted by atomic mass is 32.2. The van der Waals surface area contributed by atoms with Gasteiger partial charge in [0.2, 0.25) is 0 Å². The molecule has 0 aliphatic rings. The molecule has 7 nitrogen and oxygen atoms in total. The van der Waals surface area contributed by atoms with Crippen LogP contribution in [0.1, 0.15) is 32.1 Å². The number of nitrogens with one attached hydrogen (secondary N) is 1. The third-order valence-corrected chi connectivity index (χ3v) is 6.43. The van der Waals surface area contributed by atoms with Gasteiger partial charge in [0, 0.05) is 5.56 Å². The summed E-state index contributed by atoms with van der Waals surface area (Å²) in [4.78, 5) is 12.1. The molecule has 1 rings (SSSR count). The molecule has 0 saturated carbocycles. The van der Waals surface area contributed by atoms with Crippen LogP contribution in [0.3, 0.4) is 0 Å². The SMILES string of the molecule is CCOC(=O)/C(C#N)=C(\NC(c1ccccc1F)P(=O)(OCC)OCC)SC. The van der Waals surface area contributed by atoms with Crippen LogP contribution >= 0.6 is 19.4 Å². The zero-order valence-electron chi connectivity index (χ0n) is 16.2. The summed E-state index contributed by atoms with van der Waals surface area (Å²) in [6, 6.07) is 7.50. The number of carbonyl (C=O) groups is 1. The van der Waals surface area contributed by atoms with Crippen molar-refractivity contribution in [1.29, 1.82) is 5.26 Å². The quantitative estimate of drug-likeness (QED) is 0.240. The third kappa shape index (κ3) is 6.08. The Kier molecular flexibility index (Phi) is 10.3. The second kappa shape index (κ2) is 11.9. The number of nitrogens with zero attached hydrogens (tertiary/aromatic N) is 1. The van der Waals surface area contributed by atoms with Gasteiger partial charge in [-0.1, -0.05) is 18.2 Å². The van der Waals surface area contributed by atoms with E-state index in [-0.39, 0.29) is 36.0 Å². The van der Waals surface area contributed by atoms with Gasteiger partial charge < -0.3 is 19.1 Å². The summed E-state index contributed by atoms with van der Waals surface area (Å²) in [5, 5.41) is 12.3. The number of halogens is 1. The van der Waals surface area contributed by atoms with Gasteiger partial charge in [0.15, 0.2) is 11.4 Å². The summed E-state index contributed by atoms with van der Waals surface area (Å²) < 4.78 is 43.6. The van der Waals surface area contributed by atoms with Crippen LogP contribution in [0.15, 0.2) is 34.9 Å². The molecule has 154 valence electrons. The number of carbonyl (C=O) groups excluding carboxylic acids is 1. The molecule has 1 N–H and O–H groups in total. The lowest BCUT2D eigenvalue weighted by Gasteiger charge is -2.29. The second-order valence-corrected chi connectivity index (χ2v) is 8.11. The molecule has 0 heterocycles. The van der Waals surface area contributed by atoms with Crippen molar-refractivity contribution >= 4 is 25.3 Å². The molecule has 0 amide bonds. The van der Waals surface area contributed by atoms with Gasteiger partial charge >= 0.3 is 13.6 Å². The van der Waals surface area contributed by atoms with Gasteiger partial charge in [0.25, 0.3) is 0 Å². The monoisotopic (exact) mass is 430 g/mol. The number of esters is 1. The Morgan fingerprint density at radius 2 is 1.86 bits per heavy atom. The van der Waals surface area contributed by atoms with Crippen molar-refractivity contribution in [2.24, 2.45) is 0 Å². The Balaban J connectivity index is 3.55. The highest BCUT2D eigenvalue weighted by Gasteiger charge is 2.39. The molecule has 0 aliphatic carbocycles. The first-order chi connectivity index (χ1) is 13.4. The molecule has 0 saturated heterocycles. The van der Waals surface area contributed by atoms with Crippen molar-refractivity contribution in [3.63, 3.8) is 0 Å². The maximum Gasteiger partial charge on any atom is 0.357 e. The summed E-state index contributed by atoms with van der Waals surface area (Å²) in [6.07, 6.45) is 1.61. The molecule has 28 heavy (non-hydrogen) atoms. The molecule has 1 atom stereocenters. The number of ether oxygens (including phenoxy) is 1. The second-order valence-electron chi connectivity index (χ2n) is 5.18. The van der Waals surface area contributed by atoms with Crippen LogP contribution in [-0.2, 0) is 23.1 Å². The van der Waals surface area contributed by atoms with E-state index in [9.17, 15) is 19.0 Å². The van der Waals surface area contributed by atoms with Gasteiger partial charge in [0.1, 0.15) is 11.9 Å². The Labute approximate surface area is 168 Å². The Morgan fingerprint density at radius 3 is 2.32 bits per heavy atom. The fraction of sp³-hybridized carbons (Fsp3) is 0.444. The molecule has 0 spiro atoms. The largest absolute Gasteiger partial charge is 0.462 e. The van der Waals surface area contributed by atoms with Crippen molar-refractivity contribution in [3.8, 4) is 6.07 Å². The molecule has 0 bridgehead atoms. The Bertz CT molecular complexity index is 786. The Hall–Kier alpha value is -1.85. The number of thioether (sulfide) groups is 1. The van der Waals surface area contributed by atoms with Crippen molar-refractivity contribution in [1.82, 2.24) is 5.32 Å². The first-order valence-electron chi connectivity index (χ1n) is 8.63. The summed E-state index contributed by atoms with van der Waals surface area (Å²) >= 11 is 1.03. The minimum absolute atomic E-state index is 0.0282. The van der Waals surface area contributed by atoms with Crippen LogP contribution in [0.25, 0.3) is 0 Å². The van der Waals surface area contributed by atoms with Crippen molar-refractivity contribution in [2.45, 2.75) is 26.6 Å². The average Bonchev–Trinajstić information content (AvgIpc) is 2.66. The van der Waals surface area contributed by atoms with E-state index in [1.165, 1.54) is 18.2 Å². The van der Waals surface area contributed by atoms with Gasteiger partial charge in [-0.3, -0.25) is 4.57 Å². The van der Waals surface area contributed by atoms with E-state index < -0.39 is 25.2 Å². The van der Waals surface area contributed by atoms with Gasteiger partial charge in [0.05, 0.1) is 24.8 Å². The summed E-state index contributed by atoms with van der Waals surface area (Å²) in [5.41, 5.74) is -0.282. The highest BCUT2D eigenvalue weighted by molar-refractivity contribution is 8.02. The maximum absolute atomic E-state index is 14.5. The smallest absolute Gasteiger partial charge is 0.357 e. The van der Waals surface area contributed by atoms with Gasteiger partial charge in [-0.25, -0.2) is 9.18 Å². The van der Waals surface area contributed by atoms with E-state index >= 15 is 0 Å². The van der Waals surface area contributed by atoms with E-state index in [1.54, 1.807) is 39.2 Å². The van der Waals surface area contributed by atoms with Gasteiger partial charge in [-0.2, -0.15) is 5.26 Å². The van der Waals surface area contributed by atoms with E-state index in [0.29, 0.717) is 0 Å². The van der Waals surface area contributed by atoms with Gasteiger partial charge in [-0.05, 0) is 33.1 Å². The molecule has 10 heteroatoms. The van der Waals surface area contributed by atoms with E-state index in [1.807, 2.05) is 0 Å². The standard InChI is InChI=1S/C18H24FN2O5PS/c1-5-24-18(22)14(12-20)17(28-4)21-16(13-10-8-9-11-15(13)19)27(23,25-6-2)26-7-3/h8-11,16,21H,5-7H2,1-4H3/b17-14+. The van der Waals surface area contributed by atoms with Crippen LogP contribution in [0, 0.1) is 17.1 Å². The normalized spacial score (nSPS) is 13.3. The predicted octanol–water partition coefficient (Wildman–Crippen LogP) is 4.34. The minimum Gasteiger partial charge on any atom is -0.462 e. The van der Waals surface area contributed by atoms with E-state index in [0.717, 1.165) is 11.8 Å². The molecular formula is C18H24FN2O5PS. The molecule has 1 aromatic carbocycles. The van der Waals surface area contributed by atoms with Crippen LogP contribution in [0.5, 0.6) is 0 Å². The van der Waals surface area contributed by atoms with Crippen molar-refractivity contribution < 1.29 is 27.5 Å². The maximum atomic E-state index is 14.5. The number of hydrogen-bond donors (Lipinski definition) is 1. The zero-order chi connectivity index (χ0) is 21.2. The molecular weight excluding hydrogens is 406 g/mol. The first kappa shape index (κ1) is 24.2. The molecule has 1 aromatic rings.